The van der Waals surface area contributed by atoms with Gasteiger partial charge in [0.05, 0.1) is 13.2 Å². The number of ether oxygens (including phenoxy) is 4. The Hall–Kier alpha value is -2.60. The van der Waals surface area contributed by atoms with Crippen molar-refractivity contribution in [1.82, 2.24) is 0 Å². The van der Waals surface area contributed by atoms with E-state index in [0.717, 1.165) is 64.2 Å². The fraction of sp³-hybridized carbons (Fsp3) is 0.765. The normalized spacial score (nSPS) is 20.3. The van der Waals surface area contributed by atoms with Gasteiger partial charge in [-0.3, -0.25) is 9.59 Å². The molecular formula is C51H88O10. The quantitative estimate of drug-likeness (QED) is 0.0266. The lowest BCUT2D eigenvalue weighted by Gasteiger charge is -2.39. The van der Waals surface area contributed by atoms with Crippen molar-refractivity contribution in [2.45, 2.75) is 230 Å². The van der Waals surface area contributed by atoms with Crippen LogP contribution >= 0.6 is 0 Å². The van der Waals surface area contributed by atoms with Crippen molar-refractivity contribution in [3.05, 3.63) is 60.8 Å². The molecule has 10 heteroatoms. The van der Waals surface area contributed by atoms with Gasteiger partial charge in [0.15, 0.2) is 12.4 Å². The van der Waals surface area contributed by atoms with E-state index in [2.05, 4.69) is 74.6 Å². The molecule has 6 atom stereocenters. The maximum Gasteiger partial charge on any atom is 0.306 e. The molecule has 1 saturated heterocycles. The van der Waals surface area contributed by atoms with Crippen molar-refractivity contribution in [3.8, 4) is 0 Å². The van der Waals surface area contributed by atoms with Gasteiger partial charge < -0.3 is 39.4 Å². The van der Waals surface area contributed by atoms with Gasteiger partial charge >= 0.3 is 11.9 Å². The van der Waals surface area contributed by atoms with E-state index in [0.29, 0.717) is 6.42 Å². The molecule has 4 N–H and O–H groups in total. The molecule has 10 nitrogen and oxygen atoms in total. The minimum Gasteiger partial charge on any atom is -0.462 e. The Morgan fingerprint density at radius 1 is 0.508 bits per heavy atom. The highest BCUT2D eigenvalue weighted by Crippen LogP contribution is 2.22. The van der Waals surface area contributed by atoms with Crippen LogP contribution in [0.15, 0.2) is 60.8 Å². The molecule has 1 aliphatic heterocycles. The Morgan fingerprint density at radius 3 is 1.44 bits per heavy atom. The number of esters is 2. The summed E-state index contributed by atoms with van der Waals surface area (Å²) in [6.07, 6.45) is 43.6. The molecular weight excluding hydrogens is 773 g/mol. The van der Waals surface area contributed by atoms with E-state index in [1.807, 2.05) is 0 Å². The molecule has 0 aromatic carbocycles. The van der Waals surface area contributed by atoms with Gasteiger partial charge in [-0.15, -0.1) is 0 Å². The van der Waals surface area contributed by atoms with E-state index in [-0.39, 0.29) is 32.0 Å². The Bertz CT molecular complexity index is 1180. The number of unbranched alkanes of at least 4 members (excludes halogenated alkanes) is 19. The van der Waals surface area contributed by atoms with Gasteiger partial charge in [0, 0.05) is 12.8 Å². The molecule has 2 unspecified atom stereocenters. The number of carbonyl (C=O) groups excluding carboxylic acids is 2. The predicted octanol–water partition coefficient (Wildman–Crippen LogP) is 11.0. The molecule has 1 fully saturated rings. The van der Waals surface area contributed by atoms with Crippen molar-refractivity contribution < 1.29 is 49.0 Å². The molecule has 0 aromatic rings. The van der Waals surface area contributed by atoms with Crippen LogP contribution in [-0.4, -0.2) is 89.0 Å². The Labute approximate surface area is 370 Å². The zero-order valence-corrected chi connectivity index (χ0v) is 38.4. The van der Waals surface area contributed by atoms with Gasteiger partial charge in [0.2, 0.25) is 0 Å². The number of allylic oxidation sites excluding steroid dienone is 10. The van der Waals surface area contributed by atoms with Crippen LogP contribution in [-0.2, 0) is 28.5 Å². The second-order valence-electron chi connectivity index (χ2n) is 16.6. The summed E-state index contributed by atoms with van der Waals surface area (Å²) in [7, 11) is 0. The SMILES string of the molecule is CCCCC/C=C/C/C=C/C/C=C/C/C=C/CCCCCC(=O)O[C@H](COC(=O)CCCCCCCCCCC/C=C/CCCCCC)CO[C@@H]1O[C@H](CO)[C@H](O)C(O)C1O. The van der Waals surface area contributed by atoms with Crippen LogP contribution < -0.4 is 0 Å². The number of aliphatic hydroxyl groups is 4. The Morgan fingerprint density at radius 2 is 0.918 bits per heavy atom. The van der Waals surface area contributed by atoms with Gasteiger partial charge in [-0.25, -0.2) is 0 Å². The van der Waals surface area contributed by atoms with E-state index in [4.69, 9.17) is 18.9 Å². The minimum atomic E-state index is -1.60. The summed E-state index contributed by atoms with van der Waals surface area (Å²) in [5, 5.41) is 40.1. The van der Waals surface area contributed by atoms with Crippen molar-refractivity contribution in [1.29, 1.82) is 0 Å². The summed E-state index contributed by atoms with van der Waals surface area (Å²) < 4.78 is 22.2. The zero-order valence-electron chi connectivity index (χ0n) is 38.4. The zero-order chi connectivity index (χ0) is 44.4. The molecule has 0 amide bonds. The monoisotopic (exact) mass is 861 g/mol. The first-order valence-corrected chi connectivity index (χ1v) is 24.4. The lowest BCUT2D eigenvalue weighted by molar-refractivity contribution is -0.305. The van der Waals surface area contributed by atoms with Crippen LogP contribution in [0.4, 0.5) is 0 Å². The molecule has 1 aliphatic rings. The predicted molar refractivity (Wildman–Crippen MR) is 247 cm³/mol. The third-order valence-corrected chi connectivity index (χ3v) is 10.9. The first-order valence-electron chi connectivity index (χ1n) is 24.4. The summed E-state index contributed by atoms with van der Waals surface area (Å²) in [4.78, 5) is 25.4. The largest absolute Gasteiger partial charge is 0.462 e. The third-order valence-electron chi connectivity index (χ3n) is 10.9. The van der Waals surface area contributed by atoms with Crippen molar-refractivity contribution in [2.24, 2.45) is 0 Å². The van der Waals surface area contributed by atoms with Crippen LogP contribution in [0.2, 0.25) is 0 Å². The molecule has 0 radical (unpaired) electrons. The van der Waals surface area contributed by atoms with Crippen molar-refractivity contribution in [2.75, 3.05) is 19.8 Å². The Balaban J connectivity index is 2.33. The number of hydrogen-bond acceptors (Lipinski definition) is 10. The lowest BCUT2D eigenvalue weighted by Crippen LogP contribution is -2.59. The highest BCUT2D eigenvalue weighted by molar-refractivity contribution is 5.70. The van der Waals surface area contributed by atoms with E-state index in [1.54, 1.807) is 0 Å². The summed E-state index contributed by atoms with van der Waals surface area (Å²) in [5.41, 5.74) is 0. The van der Waals surface area contributed by atoms with Crippen LogP contribution in [0, 0.1) is 0 Å². The molecule has 0 aliphatic carbocycles. The van der Waals surface area contributed by atoms with Crippen LogP contribution in [0.25, 0.3) is 0 Å². The molecule has 0 saturated carbocycles. The summed E-state index contributed by atoms with van der Waals surface area (Å²) >= 11 is 0. The second-order valence-corrected chi connectivity index (χ2v) is 16.6. The molecule has 1 heterocycles. The van der Waals surface area contributed by atoms with Crippen LogP contribution in [0.1, 0.15) is 194 Å². The maximum atomic E-state index is 12.8. The summed E-state index contributed by atoms with van der Waals surface area (Å²) in [5.74, 6) is -0.845. The smallest absolute Gasteiger partial charge is 0.306 e. The summed E-state index contributed by atoms with van der Waals surface area (Å²) in [6, 6.07) is 0. The lowest BCUT2D eigenvalue weighted by atomic mass is 9.99. The maximum absolute atomic E-state index is 12.8. The van der Waals surface area contributed by atoms with E-state index < -0.39 is 49.4 Å². The molecule has 1 rings (SSSR count). The first-order chi connectivity index (χ1) is 29.8. The number of rotatable bonds is 40. The molecule has 352 valence electrons. The van der Waals surface area contributed by atoms with Gasteiger partial charge in [-0.05, 0) is 83.5 Å². The van der Waals surface area contributed by atoms with E-state index in [1.165, 1.54) is 96.3 Å². The molecule has 0 aromatic heterocycles. The minimum absolute atomic E-state index is 0.190. The highest BCUT2D eigenvalue weighted by atomic mass is 16.7. The first kappa shape index (κ1) is 56.4. The van der Waals surface area contributed by atoms with Gasteiger partial charge in [0.1, 0.15) is 31.0 Å². The number of hydrogen-bond donors (Lipinski definition) is 4. The fourth-order valence-electron chi connectivity index (χ4n) is 6.99. The number of carbonyl (C=O) groups is 2. The van der Waals surface area contributed by atoms with Gasteiger partial charge in [0.25, 0.3) is 0 Å². The molecule has 0 bridgehead atoms. The van der Waals surface area contributed by atoms with Crippen molar-refractivity contribution in [3.63, 3.8) is 0 Å². The van der Waals surface area contributed by atoms with Crippen LogP contribution in [0.5, 0.6) is 0 Å². The standard InChI is InChI=1S/C51H88O10/c1-3-5-7-9-11-13-15-17-19-21-22-24-26-28-30-32-34-36-38-40-47(54)60-44(43-59-51-50(57)49(56)48(55)45(41-52)61-51)42-58-46(53)39-37-35-33-31-29-27-25-23-20-18-16-14-12-10-8-6-4-2/h11,13-14,16-17,19,22,24,28,30,44-45,48-52,55-57H,3-10,12,15,18,20-21,23,25-27,29,31-43H2,1-2H3/b13-11+,16-14+,19-17+,24-22+,30-28+/t44-,45-,48+,49?,50?,51-/m1/s1. The van der Waals surface area contributed by atoms with E-state index >= 15 is 0 Å². The van der Waals surface area contributed by atoms with Gasteiger partial charge in [-0.1, -0.05) is 158 Å². The van der Waals surface area contributed by atoms with E-state index in [9.17, 15) is 30.0 Å². The average Bonchev–Trinajstić information content (AvgIpc) is 3.26. The topological polar surface area (TPSA) is 152 Å². The molecule has 61 heavy (non-hydrogen) atoms. The summed E-state index contributed by atoms with van der Waals surface area (Å²) in [6.45, 7) is 3.35. The molecule has 0 spiro atoms. The van der Waals surface area contributed by atoms with Crippen molar-refractivity contribution >= 4 is 11.9 Å². The fourth-order valence-corrected chi connectivity index (χ4v) is 6.99. The van der Waals surface area contributed by atoms with Gasteiger partial charge in [-0.2, -0.15) is 0 Å². The second kappa shape index (κ2) is 41.4. The third kappa shape index (κ3) is 32.7. The Kier molecular flexibility index (Phi) is 38.3. The van der Waals surface area contributed by atoms with Crippen LogP contribution in [0.3, 0.4) is 0 Å². The highest BCUT2D eigenvalue weighted by Gasteiger charge is 2.44. The number of aliphatic hydroxyl groups excluding tert-OH is 4. The average molecular weight is 861 g/mol.